The monoisotopic (exact) mass is 396 g/mol. The van der Waals surface area contributed by atoms with Crippen molar-refractivity contribution in [3.05, 3.63) is 34.9 Å². The quantitative estimate of drug-likeness (QED) is 0.488. The molecule has 1 nitrogen and oxygen atoms in total. The summed E-state index contributed by atoms with van der Waals surface area (Å²) in [6.07, 6.45) is 17.1. The Kier molecular flexibility index (Phi) is 5.69. The number of fused-ring (bicyclic) bond motifs is 4. The van der Waals surface area contributed by atoms with E-state index in [1.54, 1.807) is 11.1 Å². The standard InChI is InChI=1S/C28H44O/c1-18(2)19(3)7-8-20(4)24-11-12-25-23-10-9-21-17-22(29)13-15-27(21,5)26(23)14-16-28(24,25)6/h7-9,18-20,22,24-25,29H,10-17H2,1-6H3/b8-7-/t19-,20-,22-,24+,25-,27-,28+/m0/s1. The minimum Gasteiger partial charge on any atom is -0.393 e. The highest BCUT2D eigenvalue weighted by atomic mass is 16.3. The van der Waals surface area contributed by atoms with Crippen LogP contribution in [0.2, 0.25) is 0 Å². The van der Waals surface area contributed by atoms with Gasteiger partial charge in [-0.1, -0.05) is 76.5 Å². The first-order chi connectivity index (χ1) is 13.7. The SMILES string of the molecule is CC(C)[C@@H](C)/C=C\[C@H](C)[C@H]1CC[C@H]2C3=C(CC[C@]12C)[C@@]1(C)CC[C@H](O)CC1=CC3. The van der Waals surface area contributed by atoms with E-state index >= 15 is 0 Å². The van der Waals surface area contributed by atoms with Gasteiger partial charge in [-0.15, -0.1) is 0 Å². The van der Waals surface area contributed by atoms with E-state index in [4.69, 9.17) is 0 Å². The van der Waals surface area contributed by atoms with E-state index < -0.39 is 0 Å². The van der Waals surface area contributed by atoms with Crippen LogP contribution in [0.4, 0.5) is 0 Å². The van der Waals surface area contributed by atoms with E-state index in [2.05, 4.69) is 59.8 Å². The number of hydrogen-bond donors (Lipinski definition) is 1. The van der Waals surface area contributed by atoms with Crippen molar-refractivity contribution in [2.24, 2.45) is 40.4 Å². The fourth-order valence-corrected chi connectivity index (χ4v) is 7.51. The lowest BCUT2D eigenvalue weighted by Crippen LogP contribution is -2.41. The molecule has 2 saturated carbocycles. The molecule has 1 N–H and O–H groups in total. The van der Waals surface area contributed by atoms with Gasteiger partial charge in [0.25, 0.3) is 0 Å². The molecule has 0 aromatic rings. The van der Waals surface area contributed by atoms with Crippen molar-refractivity contribution < 1.29 is 5.11 Å². The summed E-state index contributed by atoms with van der Waals surface area (Å²) in [4.78, 5) is 0. The molecule has 7 atom stereocenters. The van der Waals surface area contributed by atoms with Crippen molar-refractivity contribution in [2.75, 3.05) is 0 Å². The maximum absolute atomic E-state index is 10.2. The Morgan fingerprint density at radius 3 is 2.52 bits per heavy atom. The van der Waals surface area contributed by atoms with E-state index in [0.29, 0.717) is 17.3 Å². The number of rotatable bonds is 4. The summed E-state index contributed by atoms with van der Waals surface area (Å²) in [5.74, 6) is 3.69. The molecule has 0 aliphatic heterocycles. The van der Waals surface area contributed by atoms with Gasteiger partial charge in [0.2, 0.25) is 0 Å². The number of aliphatic hydroxyl groups excluding tert-OH is 1. The molecule has 0 radical (unpaired) electrons. The summed E-state index contributed by atoms with van der Waals surface area (Å²) in [6, 6.07) is 0. The molecule has 162 valence electrons. The molecule has 0 heterocycles. The Hall–Kier alpha value is -0.820. The highest BCUT2D eigenvalue weighted by Gasteiger charge is 2.54. The van der Waals surface area contributed by atoms with Crippen LogP contribution in [-0.4, -0.2) is 11.2 Å². The molecular weight excluding hydrogens is 352 g/mol. The zero-order valence-corrected chi connectivity index (χ0v) is 19.8. The van der Waals surface area contributed by atoms with Crippen LogP contribution in [0.3, 0.4) is 0 Å². The summed E-state index contributed by atoms with van der Waals surface area (Å²) in [6.45, 7) is 14.6. The lowest BCUT2D eigenvalue weighted by atomic mass is 9.53. The van der Waals surface area contributed by atoms with Crippen molar-refractivity contribution in [3.63, 3.8) is 0 Å². The molecule has 0 saturated heterocycles. The van der Waals surface area contributed by atoms with Crippen LogP contribution in [0, 0.1) is 40.4 Å². The predicted molar refractivity (Wildman–Crippen MR) is 124 cm³/mol. The first kappa shape index (κ1) is 21.4. The second kappa shape index (κ2) is 7.70. The Balaban J connectivity index is 1.57. The molecule has 0 aromatic heterocycles. The van der Waals surface area contributed by atoms with E-state index in [0.717, 1.165) is 43.4 Å². The van der Waals surface area contributed by atoms with Gasteiger partial charge in [0, 0.05) is 5.41 Å². The number of allylic oxidation sites excluding steroid dienone is 5. The zero-order valence-electron chi connectivity index (χ0n) is 19.8. The first-order valence-electron chi connectivity index (χ1n) is 12.4. The van der Waals surface area contributed by atoms with Gasteiger partial charge >= 0.3 is 0 Å². The molecule has 0 unspecified atom stereocenters. The van der Waals surface area contributed by atoms with Crippen LogP contribution in [0.25, 0.3) is 0 Å². The van der Waals surface area contributed by atoms with E-state index in [1.807, 2.05) is 5.57 Å². The van der Waals surface area contributed by atoms with Gasteiger partial charge in [-0.25, -0.2) is 0 Å². The molecule has 2 fully saturated rings. The van der Waals surface area contributed by atoms with Crippen molar-refractivity contribution in [3.8, 4) is 0 Å². The van der Waals surface area contributed by atoms with Gasteiger partial charge in [-0.05, 0) is 86.4 Å². The van der Waals surface area contributed by atoms with Gasteiger partial charge in [0.05, 0.1) is 6.10 Å². The summed E-state index contributed by atoms with van der Waals surface area (Å²) in [7, 11) is 0. The molecule has 0 amide bonds. The third kappa shape index (κ3) is 3.50. The van der Waals surface area contributed by atoms with Gasteiger partial charge in [-0.2, -0.15) is 0 Å². The summed E-state index contributed by atoms with van der Waals surface area (Å²) in [5, 5.41) is 10.2. The summed E-state index contributed by atoms with van der Waals surface area (Å²) >= 11 is 0. The van der Waals surface area contributed by atoms with Crippen LogP contribution < -0.4 is 0 Å². The predicted octanol–water partition coefficient (Wildman–Crippen LogP) is 7.47. The molecule has 0 spiro atoms. The highest BCUT2D eigenvalue weighted by molar-refractivity contribution is 5.43. The molecule has 0 bridgehead atoms. The molecule has 1 heteroatoms. The molecule has 4 rings (SSSR count). The summed E-state index contributed by atoms with van der Waals surface area (Å²) < 4.78 is 0. The van der Waals surface area contributed by atoms with Crippen LogP contribution >= 0.6 is 0 Å². The molecule has 4 aliphatic rings. The largest absolute Gasteiger partial charge is 0.393 e. The maximum atomic E-state index is 10.2. The molecule has 29 heavy (non-hydrogen) atoms. The van der Waals surface area contributed by atoms with Crippen molar-refractivity contribution >= 4 is 0 Å². The lowest BCUT2D eigenvalue weighted by Gasteiger charge is -2.52. The van der Waals surface area contributed by atoms with Crippen LogP contribution in [-0.2, 0) is 0 Å². The topological polar surface area (TPSA) is 20.2 Å². The van der Waals surface area contributed by atoms with E-state index in [1.165, 1.54) is 25.7 Å². The molecule has 0 aromatic carbocycles. The van der Waals surface area contributed by atoms with Crippen LogP contribution in [0.15, 0.2) is 34.9 Å². The minimum atomic E-state index is -0.109. The normalized spacial score (nSPS) is 41.8. The zero-order chi connectivity index (χ0) is 21.0. The van der Waals surface area contributed by atoms with Gasteiger partial charge in [0.1, 0.15) is 0 Å². The average molecular weight is 397 g/mol. The Labute approximate surface area is 179 Å². The third-order valence-electron chi connectivity index (χ3n) is 9.91. The van der Waals surface area contributed by atoms with Crippen molar-refractivity contribution in [2.45, 2.75) is 99.0 Å². The van der Waals surface area contributed by atoms with Gasteiger partial charge < -0.3 is 5.11 Å². The van der Waals surface area contributed by atoms with Gasteiger partial charge in [-0.3, -0.25) is 0 Å². The van der Waals surface area contributed by atoms with E-state index in [-0.39, 0.29) is 11.5 Å². The third-order valence-corrected chi connectivity index (χ3v) is 9.91. The smallest absolute Gasteiger partial charge is 0.0578 e. The second-order valence-electron chi connectivity index (χ2n) is 11.8. The van der Waals surface area contributed by atoms with Crippen LogP contribution in [0.1, 0.15) is 92.9 Å². The Bertz CT molecular complexity index is 725. The first-order valence-corrected chi connectivity index (χ1v) is 12.4. The Morgan fingerprint density at radius 2 is 1.79 bits per heavy atom. The minimum absolute atomic E-state index is 0.109. The van der Waals surface area contributed by atoms with Crippen LogP contribution in [0.5, 0.6) is 0 Å². The summed E-state index contributed by atoms with van der Waals surface area (Å²) in [5.41, 5.74) is 5.88. The Morgan fingerprint density at radius 1 is 1.03 bits per heavy atom. The number of hydrogen-bond acceptors (Lipinski definition) is 1. The fourth-order valence-electron chi connectivity index (χ4n) is 7.51. The second-order valence-corrected chi connectivity index (χ2v) is 11.8. The average Bonchev–Trinajstić information content (AvgIpc) is 3.03. The van der Waals surface area contributed by atoms with Crippen molar-refractivity contribution in [1.29, 1.82) is 0 Å². The number of aliphatic hydroxyl groups is 1. The van der Waals surface area contributed by atoms with Crippen molar-refractivity contribution in [1.82, 2.24) is 0 Å². The van der Waals surface area contributed by atoms with E-state index in [9.17, 15) is 5.11 Å². The van der Waals surface area contributed by atoms with Gasteiger partial charge in [0.15, 0.2) is 0 Å². The molecular formula is C28H44O. The molecule has 4 aliphatic carbocycles. The lowest BCUT2D eigenvalue weighted by molar-refractivity contribution is 0.0971. The maximum Gasteiger partial charge on any atom is 0.0578 e. The fraction of sp³-hybridized carbons (Fsp3) is 0.786. The highest BCUT2D eigenvalue weighted by Crippen LogP contribution is 2.64.